The number of carboxylic acid groups (broad SMARTS) is 1. The Kier molecular flexibility index (Phi) is 5.16. The largest absolute Gasteiger partial charge is 0.481 e. The Bertz CT molecular complexity index is 428. The van der Waals surface area contributed by atoms with Crippen LogP contribution in [-0.2, 0) is 4.79 Å². The van der Waals surface area contributed by atoms with Crippen LogP contribution in [0.1, 0.15) is 30.6 Å². The highest BCUT2D eigenvalue weighted by Crippen LogP contribution is 2.11. The van der Waals surface area contributed by atoms with E-state index in [1.165, 1.54) is 0 Å². The van der Waals surface area contributed by atoms with Crippen molar-refractivity contribution in [2.24, 2.45) is 5.92 Å². The molecule has 2 N–H and O–H groups in total. The number of nitrogens with one attached hydrogen (secondary N) is 1. The molecule has 0 saturated heterocycles. The van der Waals surface area contributed by atoms with E-state index in [4.69, 9.17) is 16.7 Å². The SMILES string of the molecule is CC(C)C(CC(=O)O)NC(=O)c1ccc(Cl)cc1. The third-order valence-corrected chi connectivity index (χ3v) is 2.87. The number of rotatable bonds is 5. The van der Waals surface area contributed by atoms with E-state index in [1.54, 1.807) is 24.3 Å². The van der Waals surface area contributed by atoms with Crippen molar-refractivity contribution in [2.75, 3.05) is 0 Å². The molecule has 0 radical (unpaired) electrons. The molecule has 1 atom stereocenters. The van der Waals surface area contributed by atoms with Crippen LogP contribution in [0.25, 0.3) is 0 Å². The second-order valence-electron chi connectivity index (χ2n) is 4.43. The average molecular weight is 270 g/mol. The summed E-state index contributed by atoms with van der Waals surface area (Å²) in [6.45, 7) is 3.74. The highest BCUT2D eigenvalue weighted by molar-refractivity contribution is 6.30. The number of benzene rings is 1. The van der Waals surface area contributed by atoms with Gasteiger partial charge in [-0.3, -0.25) is 9.59 Å². The van der Waals surface area contributed by atoms with Crippen LogP contribution in [0.5, 0.6) is 0 Å². The highest BCUT2D eigenvalue weighted by atomic mass is 35.5. The maximum absolute atomic E-state index is 11.9. The predicted octanol–water partition coefficient (Wildman–Crippen LogP) is 2.57. The number of hydrogen-bond acceptors (Lipinski definition) is 2. The first-order valence-corrected chi connectivity index (χ1v) is 6.06. The van der Waals surface area contributed by atoms with Crippen LogP contribution in [0, 0.1) is 5.92 Å². The summed E-state index contributed by atoms with van der Waals surface area (Å²) in [5.41, 5.74) is 0.468. The number of amides is 1. The number of carboxylic acids is 1. The zero-order valence-electron chi connectivity index (χ0n) is 10.3. The lowest BCUT2D eigenvalue weighted by Gasteiger charge is -2.20. The van der Waals surface area contributed by atoms with Crippen molar-refractivity contribution in [1.82, 2.24) is 5.32 Å². The molecule has 0 aliphatic heterocycles. The number of hydrogen-bond donors (Lipinski definition) is 2. The topological polar surface area (TPSA) is 66.4 Å². The van der Waals surface area contributed by atoms with E-state index >= 15 is 0 Å². The van der Waals surface area contributed by atoms with E-state index in [-0.39, 0.29) is 24.3 Å². The first-order valence-electron chi connectivity index (χ1n) is 5.68. The predicted molar refractivity (Wildman–Crippen MR) is 69.8 cm³/mol. The lowest BCUT2D eigenvalue weighted by atomic mass is 10.0. The fourth-order valence-electron chi connectivity index (χ4n) is 1.49. The fraction of sp³-hybridized carbons (Fsp3) is 0.385. The van der Waals surface area contributed by atoms with Crippen LogP contribution >= 0.6 is 11.6 Å². The Morgan fingerprint density at radius 1 is 1.28 bits per heavy atom. The Hall–Kier alpha value is -1.55. The van der Waals surface area contributed by atoms with Crippen molar-refractivity contribution in [1.29, 1.82) is 0 Å². The first kappa shape index (κ1) is 14.5. The third-order valence-electron chi connectivity index (χ3n) is 2.62. The van der Waals surface area contributed by atoms with Crippen molar-refractivity contribution >= 4 is 23.5 Å². The molecule has 0 bridgehead atoms. The minimum atomic E-state index is -0.926. The van der Waals surface area contributed by atoms with Crippen molar-refractivity contribution < 1.29 is 14.7 Å². The number of carbonyl (C=O) groups is 2. The van der Waals surface area contributed by atoms with Crippen LogP contribution in [0.3, 0.4) is 0 Å². The summed E-state index contributed by atoms with van der Waals surface area (Å²) in [4.78, 5) is 22.6. The van der Waals surface area contributed by atoms with Gasteiger partial charge in [0, 0.05) is 16.6 Å². The van der Waals surface area contributed by atoms with Gasteiger partial charge in [-0.15, -0.1) is 0 Å². The molecule has 1 aromatic carbocycles. The molecular formula is C13H16ClNO3. The maximum atomic E-state index is 11.9. The molecule has 0 saturated carbocycles. The molecule has 1 amide bonds. The molecule has 98 valence electrons. The molecule has 0 aliphatic rings. The number of aliphatic carboxylic acids is 1. The van der Waals surface area contributed by atoms with Crippen molar-refractivity contribution in [3.63, 3.8) is 0 Å². The summed E-state index contributed by atoms with van der Waals surface area (Å²) < 4.78 is 0. The van der Waals surface area contributed by atoms with Gasteiger partial charge in [-0.2, -0.15) is 0 Å². The molecule has 1 unspecified atom stereocenters. The van der Waals surface area contributed by atoms with Gasteiger partial charge in [0.15, 0.2) is 0 Å². The van der Waals surface area contributed by atoms with Gasteiger partial charge in [0.1, 0.15) is 0 Å². The molecule has 0 aromatic heterocycles. The van der Waals surface area contributed by atoms with E-state index in [0.717, 1.165) is 0 Å². The van der Waals surface area contributed by atoms with E-state index < -0.39 is 5.97 Å². The van der Waals surface area contributed by atoms with Crippen molar-refractivity contribution in [3.8, 4) is 0 Å². The van der Waals surface area contributed by atoms with Gasteiger partial charge in [0.2, 0.25) is 0 Å². The van der Waals surface area contributed by atoms with E-state index in [1.807, 2.05) is 13.8 Å². The molecule has 1 rings (SSSR count). The molecule has 0 heterocycles. The maximum Gasteiger partial charge on any atom is 0.305 e. The fourth-order valence-corrected chi connectivity index (χ4v) is 1.62. The second-order valence-corrected chi connectivity index (χ2v) is 4.87. The summed E-state index contributed by atoms with van der Waals surface area (Å²) in [5, 5.41) is 12.1. The zero-order chi connectivity index (χ0) is 13.7. The lowest BCUT2D eigenvalue weighted by molar-refractivity contribution is -0.137. The number of halogens is 1. The molecule has 0 aliphatic carbocycles. The summed E-state index contributed by atoms with van der Waals surface area (Å²) in [5.74, 6) is -1.16. The van der Waals surface area contributed by atoms with E-state index in [0.29, 0.717) is 10.6 Å². The van der Waals surface area contributed by atoms with Crippen LogP contribution < -0.4 is 5.32 Å². The molecule has 0 spiro atoms. The van der Waals surface area contributed by atoms with E-state index in [9.17, 15) is 9.59 Å². The lowest BCUT2D eigenvalue weighted by Crippen LogP contribution is -2.40. The van der Waals surface area contributed by atoms with Crippen LogP contribution in [0.2, 0.25) is 5.02 Å². The van der Waals surface area contributed by atoms with Gasteiger partial charge in [-0.25, -0.2) is 0 Å². The van der Waals surface area contributed by atoms with Gasteiger partial charge in [0.05, 0.1) is 6.42 Å². The van der Waals surface area contributed by atoms with Crippen LogP contribution in [0.4, 0.5) is 0 Å². The number of carbonyl (C=O) groups excluding carboxylic acids is 1. The normalized spacial score (nSPS) is 12.2. The third kappa shape index (κ3) is 4.37. The van der Waals surface area contributed by atoms with Crippen molar-refractivity contribution in [2.45, 2.75) is 26.3 Å². The smallest absolute Gasteiger partial charge is 0.305 e. The minimum Gasteiger partial charge on any atom is -0.481 e. The monoisotopic (exact) mass is 269 g/mol. The van der Waals surface area contributed by atoms with Crippen molar-refractivity contribution in [3.05, 3.63) is 34.9 Å². The Morgan fingerprint density at radius 2 is 1.83 bits per heavy atom. The van der Waals surface area contributed by atoms with Crippen LogP contribution in [0.15, 0.2) is 24.3 Å². The Balaban J connectivity index is 2.72. The second kappa shape index (κ2) is 6.40. The molecule has 0 fully saturated rings. The Labute approximate surface area is 111 Å². The Morgan fingerprint density at radius 3 is 2.28 bits per heavy atom. The summed E-state index contributed by atoms with van der Waals surface area (Å²) in [6, 6.07) is 6.08. The van der Waals surface area contributed by atoms with Gasteiger partial charge >= 0.3 is 5.97 Å². The summed E-state index contributed by atoms with van der Waals surface area (Å²) in [6.07, 6.45) is -0.0863. The van der Waals surface area contributed by atoms with Gasteiger partial charge in [0.25, 0.3) is 5.91 Å². The molecular weight excluding hydrogens is 254 g/mol. The van der Waals surface area contributed by atoms with Gasteiger partial charge in [-0.05, 0) is 30.2 Å². The summed E-state index contributed by atoms with van der Waals surface area (Å²) >= 11 is 5.73. The first-order chi connectivity index (χ1) is 8.40. The van der Waals surface area contributed by atoms with Gasteiger partial charge < -0.3 is 10.4 Å². The average Bonchev–Trinajstić information content (AvgIpc) is 2.28. The van der Waals surface area contributed by atoms with Gasteiger partial charge in [-0.1, -0.05) is 25.4 Å². The quantitative estimate of drug-likeness (QED) is 0.863. The standard InChI is InChI=1S/C13H16ClNO3/c1-8(2)11(7-12(16)17)15-13(18)9-3-5-10(14)6-4-9/h3-6,8,11H,7H2,1-2H3,(H,15,18)(H,16,17). The minimum absolute atomic E-state index is 0.0531. The van der Waals surface area contributed by atoms with Crippen LogP contribution in [-0.4, -0.2) is 23.0 Å². The molecule has 18 heavy (non-hydrogen) atoms. The molecule has 1 aromatic rings. The van der Waals surface area contributed by atoms with E-state index in [2.05, 4.69) is 5.32 Å². The zero-order valence-corrected chi connectivity index (χ0v) is 11.1. The summed E-state index contributed by atoms with van der Waals surface area (Å²) in [7, 11) is 0. The highest BCUT2D eigenvalue weighted by Gasteiger charge is 2.19. The molecule has 5 heteroatoms. The molecule has 4 nitrogen and oxygen atoms in total.